The minimum atomic E-state index is -0.281. The van der Waals surface area contributed by atoms with Crippen molar-refractivity contribution in [1.29, 1.82) is 0 Å². The minimum absolute atomic E-state index is 0.281. The molecule has 0 saturated heterocycles. The van der Waals surface area contributed by atoms with Gasteiger partial charge in [0, 0.05) is 49.8 Å². The van der Waals surface area contributed by atoms with Crippen LogP contribution in [0.1, 0.15) is 24.8 Å². The smallest absolute Gasteiger partial charge is 0.409 e. The molecule has 0 spiro atoms. The van der Waals surface area contributed by atoms with Gasteiger partial charge in [0.25, 0.3) is 0 Å². The van der Waals surface area contributed by atoms with E-state index < -0.39 is 0 Å². The molecule has 1 aromatic heterocycles. The van der Waals surface area contributed by atoms with Crippen molar-refractivity contribution in [1.82, 2.24) is 14.8 Å². The molecule has 0 aliphatic heterocycles. The van der Waals surface area contributed by atoms with Gasteiger partial charge < -0.3 is 19.5 Å². The standard InChI is InChI=1S/C18H25N3O2/c1-20(18(22)23-2)10-5-11-21-13-14(12-19-15-8-9-15)16-6-3-4-7-17(16)21/h3-4,6-7,13,15,19H,5,8-12H2,1-2H3. The molecule has 3 rings (SSSR count). The quantitative estimate of drug-likeness (QED) is 0.854. The van der Waals surface area contributed by atoms with E-state index in [2.05, 4.69) is 40.3 Å². The lowest BCUT2D eigenvalue weighted by atomic mass is 10.2. The van der Waals surface area contributed by atoms with Gasteiger partial charge in [0.1, 0.15) is 0 Å². The zero-order valence-corrected chi connectivity index (χ0v) is 13.9. The summed E-state index contributed by atoms with van der Waals surface area (Å²) in [7, 11) is 3.18. The normalized spacial score (nSPS) is 14.2. The van der Waals surface area contributed by atoms with Gasteiger partial charge in [-0.3, -0.25) is 0 Å². The average Bonchev–Trinajstić information content (AvgIpc) is 3.34. The van der Waals surface area contributed by atoms with Crippen molar-refractivity contribution in [3.8, 4) is 0 Å². The van der Waals surface area contributed by atoms with Crippen molar-refractivity contribution in [3.63, 3.8) is 0 Å². The van der Waals surface area contributed by atoms with E-state index in [0.717, 1.165) is 19.5 Å². The molecular formula is C18H25N3O2. The fourth-order valence-electron chi connectivity index (χ4n) is 2.92. The van der Waals surface area contributed by atoms with Crippen LogP contribution in [0.4, 0.5) is 4.79 Å². The van der Waals surface area contributed by atoms with E-state index in [-0.39, 0.29) is 6.09 Å². The van der Waals surface area contributed by atoms with Crippen molar-refractivity contribution < 1.29 is 9.53 Å². The van der Waals surface area contributed by atoms with Gasteiger partial charge in [0.2, 0.25) is 0 Å². The van der Waals surface area contributed by atoms with Gasteiger partial charge in [0.05, 0.1) is 7.11 Å². The first-order chi connectivity index (χ1) is 11.2. The highest BCUT2D eigenvalue weighted by atomic mass is 16.5. The molecule has 1 aromatic carbocycles. The number of methoxy groups -OCH3 is 1. The lowest BCUT2D eigenvalue weighted by Gasteiger charge is -2.15. The summed E-state index contributed by atoms with van der Waals surface area (Å²) in [6.45, 7) is 2.51. The number of carbonyl (C=O) groups excluding carboxylic acids is 1. The highest BCUT2D eigenvalue weighted by Gasteiger charge is 2.20. The van der Waals surface area contributed by atoms with Crippen LogP contribution in [0.15, 0.2) is 30.5 Å². The van der Waals surface area contributed by atoms with E-state index in [1.54, 1.807) is 11.9 Å². The van der Waals surface area contributed by atoms with Gasteiger partial charge in [-0.25, -0.2) is 4.79 Å². The molecule has 5 heteroatoms. The molecule has 124 valence electrons. The zero-order valence-electron chi connectivity index (χ0n) is 13.9. The van der Waals surface area contributed by atoms with Crippen LogP contribution < -0.4 is 5.32 Å². The summed E-state index contributed by atoms with van der Waals surface area (Å²) in [5.41, 5.74) is 2.62. The Hall–Kier alpha value is -2.01. The van der Waals surface area contributed by atoms with Gasteiger partial charge in [-0.2, -0.15) is 0 Å². The van der Waals surface area contributed by atoms with Crippen LogP contribution in [0.2, 0.25) is 0 Å². The predicted molar refractivity (Wildman–Crippen MR) is 91.5 cm³/mol. The van der Waals surface area contributed by atoms with E-state index >= 15 is 0 Å². The van der Waals surface area contributed by atoms with Crippen LogP contribution in [0.25, 0.3) is 10.9 Å². The lowest BCUT2D eigenvalue weighted by Crippen LogP contribution is -2.28. The first-order valence-electron chi connectivity index (χ1n) is 8.28. The third kappa shape index (κ3) is 3.85. The highest BCUT2D eigenvalue weighted by Crippen LogP contribution is 2.24. The van der Waals surface area contributed by atoms with Crippen molar-refractivity contribution in [2.45, 2.75) is 38.4 Å². The molecule has 0 radical (unpaired) electrons. The third-order valence-corrected chi connectivity index (χ3v) is 4.41. The van der Waals surface area contributed by atoms with Gasteiger partial charge in [0.15, 0.2) is 0 Å². The number of rotatable bonds is 7. The Kier molecular flexibility index (Phi) is 4.86. The van der Waals surface area contributed by atoms with Gasteiger partial charge in [-0.05, 0) is 30.9 Å². The SMILES string of the molecule is COC(=O)N(C)CCCn1cc(CNC2CC2)c2ccccc21. The summed E-state index contributed by atoms with van der Waals surface area (Å²) < 4.78 is 7.02. The summed E-state index contributed by atoms with van der Waals surface area (Å²) >= 11 is 0. The molecule has 5 nitrogen and oxygen atoms in total. The van der Waals surface area contributed by atoms with E-state index in [0.29, 0.717) is 12.6 Å². The number of fused-ring (bicyclic) bond motifs is 1. The van der Waals surface area contributed by atoms with Gasteiger partial charge in [-0.1, -0.05) is 18.2 Å². The first-order valence-corrected chi connectivity index (χ1v) is 8.28. The lowest BCUT2D eigenvalue weighted by molar-refractivity contribution is 0.132. The van der Waals surface area contributed by atoms with Gasteiger partial charge >= 0.3 is 6.09 Å². The maximum absolute atomic E-state index is 11.4. The number of carbonyl (C=O) groups is 1. The molecule has 1 N–H and O–H groups in total. The topological polar surface area (TPSA) is 46.5 Å². The van der Waals surface area contributed by atoms with Crippen molar-refractivity contribution in [2.24, 2.45) is 0 Å². The van der Waals surface area contributed by atoms with Crippen LogP contribution in [0.3, 0.4) is 0 Å². The summed E-state index contributed by atoms with van der Waals surface area (Å²) in [6.07, 6.45) is 5.48. The largest absolute Gasteiger partial charge is 0.453 e. The van der Waals surface area contributed by atoms with Crippen LogP contribution >= 0.6 is 0 Å². The molecular weight excluding hydrogens is 290 g/mol. The first kappa shape index (κ1) is 15.9. The summed E-state index contributed by atoms with van der Waals surface area (Å²) in [5, 5.41) is 4.91. The third-order valence-electron chi connectivity index (χ3n) is 4.41. The van der Waals surface area contributed by atoms with Crippen LogP contribution in [0, 0.1) is 0 Å². The Bertz CT molecular complexity index is 676. The Morgan fingerprint density at radius 1 is 1.39 bits per heavy atom. The maximum Gasteiger partial charge on any atom is 0.409 e. The number of benzene rings is 1. The van der Waals surface area contributed by atoms with Crippen LogP contribution in [0.5, 0.6) is 0 Å². The van der Waals surface area contributed by atoms with Crippen molar-refractivity contribution in [3.05, 3.63) is 36.0 Å². The number of aryl methyl sites for hydroxylation is 1. The average molecular weight is 315 g/mol. The molecule has 1 amide bonds. The number of nitrogens with one attached hydrogen (secondary N) is 1. The van der Waals surface area contributed by atoms with E-state index in [1.807, 2.05) is 0 Å². The highest BCUT2D eigenvalue weighted by molar-refractivity contribution is 5.83. The minimum Gasteiger partial charge on any atom is -0.453 e. The van der Waals surface area contributed by atoms with Crippen molar-refractivity contribution in [2.75, 3.05) is 20.7 Å². The second-order valence-corrected chi connectivity index (χ2v) is 6.27. The number of ether oxygens (including phenoxy) is 1. The molecule has 1 heterocycles. The Morgan fingerprint density at radius 2 is 2.17 bits per heavy atom. The van der Waals surface area contributed by atoms with Crippen LogP contribution in [-0.4, -0.2) is 42.3 Å². The summed E-state index contributed by atoms with van der Waals surface area (Å²) in [4.78, 5) is 13.0. The summed E-state index contributed by atoms with van der Waals surface area (Å²) in [5.74, 6) is 0. The molecule has 1 aliphatic rings. The molecule has 2 aromatic rings. The molecule has 23 heavy (non-hydrogen) atoms. The predicted octanol–water partition coefficient (Wildman–Crippen LogP) is 2.98. The number of hydrogen-bond donors (Lipinski definition) is 1. The second-order valence-electron chi connectivity index (χ2n) is 6.27. The van der Waals surface area contributed by atoms with E-state index in [9.17, 15) is 4.79 Å². The number of para-hydroxylation sites is 1. The fraction of sp³-hybridized carbons (Fsp3) is 0.500. The second kappa shape index (κ2) is 7.04. The number of aromatic nitrogens is 1. The maximum atomic E-state index is 11.4. The van der Waals surface area contributed by atoms with Crippen molar-refractivity contribution >= 4 is 17.0 Å². The number of hydrogen-bond acceptors (Lipinski definition) is 3. The van der Waals surface area contributed by atoms with Crippen LogP contribution in [-0.2, 0) is 17.8 Å². The molecule has 1 fully saturated rings. The number of nitrogens with zero attached hydrogens (tertiary/aromatic N) is 2. The number of amides is 1. The molecule has 1 saturated carbocycles. The Balaban J connectivity index is 1.66. The molecule has 1 aliphatic carbocycles. The Morgan fingerprint density at radius 3 is 2.91 bits per heavy atom. The monoisotopic (exact) mass is 315 g/mol. The van der Waals surface area contributed by atoms with E-state index in [1.165, 1.54) is 36.4 Å². The molecule has 0 atom stereocenters. The van der Waals surface area contributed by atoms with Gasteiger partial charge in [-0.15, -0.1) is 0 Å². The molecule has 0 unspecified atom stereocenters. The Labute approximate surface area is 137 Å². The fourth-order valence-corrected chi connectivity index (χ4v) is 2.92. The molecule has 0 bridgehead atoms. The van der Waals surface area contributed by atoms with E-state index in [4.69, 9.17) is 4.74 Å². The summed E-state index contributed by atoms with van der Waals surface area (Å²) in [6, 6.07) is 9.25. The zero-order chi connectivity index (χ0) is 16.2.